The van der Waals surface area contributed by atoms with Gasteiger partial charge >= 0.3 is 0 Å². The number of likely N-dealkylation sites (N-methyl/N-ethyl adjacent to an activating group) is 1. The number of amides is 1. The van der Waals surface area contributed by atoms with Gasteiger partial charge in [-0.2, -0.15) is 0 Å². The first kappa shape index (κ1) is 15.0. The van der Waals surface area contributed by atoms with Crippen LogP contribution in [0.3, 0.4) is 0 Å². The molecule has 1 amide bonds. The number of fused-ring (bicyclic) bond motifs is 1. The van der Waals surface area contributed by atoms with Crippen molar-refractivity contribution in [1.82, 2.24) is 25.2 Å². The van der Waals surface area contributed by atoms with Gasteiger partial charge in [-0.25, -0.2) is 4.98 Å². The van der Waals surface area contributed by atoms with Gasteiger partial charge < -0.3 is 15.2 Å². The third kappa shape index (κ3) is 2.70. The number of hydrogen-bond donors (Lipinski definition) is 2. The van der Waals surface area contributed by atoms with Gasteiger partial charge in [0.1, 0.15) is 11.3 Å². The molecule has 1 aliphatic rings. The van der Waals surface area contributed by atoms with Crippen LogP contribution in [0.15, 0.2) is 6.20 Å². The molecule has 0 spiro atoms. The molecule has 1 aliphatic heterocycles. The average Bonchev–Trinajstić information content (AvgIpc) is 2.91. The van der Waals surface area contributed by atoms with E-state index >= 15 is 0 Å². The van der Waals surface area contributed by atoms with E-state index in [9.17, 15) is 4.79 Å². The van der Waals surface area contributed by atoms with Gasteiger partial charge in [-0.15, -0.1) is 0 Å². The van der Waals surface area contributed by atoms with Crippen molar-refractivity contribution >= 4 is 16.9 Å². The summed E-state index contributed by atoms with van der Waals surface area (Å²) >= 11 is 0. The number of aromatic amines is 1. The van der Waals surface area contributed by atoms with Crippen LogP contribution in [0.1, 0.15) is 35.8 Å². The highest BCUT2D eigenvalue weighted by Crippen LogP contribution is 2.32. The minimum absolute atomic E-state index is 0.186. The molecule has 0 radical (unpaired) electrons. The van der Waals surface area contributed by atoms with E-state index in [4.69, 9.17) is 0 Å². The maximum absolute atomic E-state index is 11.9. The maximum Gasteiger partial charge on any atom is 0.236 e. The molecule has 0 aliphatic carbocycles. The van der Waals surface area contributed by atoms with Crippen molar-refractivity contribution in [2.45, 2.75) is 32.6 Å². The first-order chi connectivity index (χ1) is 10.6. The molecule has 6 nitrogen and oxygen atoms in total. The van der Waals surface area contributed by atoms with E-state index in [-0.39, 0.29) is 5.91 Å². The van der Waals surface area contributed by atoms with E-state index < -0.39 is 0 Å². The minimum Gasteiger partial charge on any atom is -0.342 e. The zero-order chi connectivity index (χ0) is 15.7. The zero-order valence-electron chi connectivity index (χ0n) is 13.4. The van der Waals surface area contributed by atoms with Crippen LogP contribution < -0.4 is 5.32 Å². The Bertz CT molecular complexity index is 685. The Morgan fingerprint density at radius 2 is 2.14 bits per heavy atom. The second-order valence-electron chi connectivity index (χ2n) is 6.03. The Balaban J connectivity index is 1.79. The van der Waals surface area contributed by atoms with E-state index in [1.807, 2.05) is 24.9 Å². The lowest BCUT2D eigenvalue weighted by atomic mass is 9.89. The summed E-state index contributed by atoms with van der Waals surface area (Å²) < 4.78 is 0. The summed E-state index contributed by atoms with van der Waals surface area (Å²) in [5, 5.41) is 2.93. The second kappa shape index (κ2) is 6.04. The summed E-state index contributed by atoms with van der Waals surface area (Å²) in [5.41, 5.74) is 4.29. The Kier molecular flexibility index (Phi) is 4.11. The molecule has 0 unspecified atom stereocenters. The van der Waals surface area contributed by atoms with Crippen LogP contribution in [0, 0.1) is 13.8 Å². The van der Waals surface area contributed by atoms with Crippen LogP contribution in [0.4, 0.5) is 0 Å². The molecule has 2 aromatic heterocycles. The molecule has 2 aromatic rings. The molecular weight excluding hydrogens is 278 g/mol. The highest BCUT2D eigenvalue weighted by molar-refractivity contribution is 5.81. The fraction of sp³-hybridized carbons (Fsp3) is 0.562. The zero-order valence-corrected chi connectivity index (χ0v) is 13.4. The predicted molar refractivity (Wildman–Crippen MR) is 85.8 cm³/mol. The Morgan fingerprint density at radius 1 is 1.41 bits per heavy atom. The Hall–Kier alpha value is -1.95. The third-order valence-corrected chi connectivity index (χ3v) is 4.47. The number of H-pyrrole nitrogens is 1. The van der Waals surface area contributed by atoms with Gasteiger partial charge in [0.25, 0.3) is 0 Å². The number of aromatic nitrogens is 3. The van der Waals surface area contributed by atoms with Crippen LogP contribution in [-0.4, -0.2) is 52.4 Å². The minimum atomic E-state index is 0.186. The molecule has 0 saturated carbocycles. The largest absolute Gasteiger partial charge is 0.342 e. The van der Waals surface area contributed by atoms with Gasteiger partial charge in [-0.1, -0.05) is 0 Å². The summed E-state index contributed by atoms with van der Waals surface area (Å²) in [6.45, 7) is 6.01. The van der Waals surface area contributed by atoms with Crippen molar-refractivity contribution in [2.75, 3.05) is 26.7 Å². The molecule has 0 bridgehead atoms. The number of piperidine rings is 1. The monoisotopic (exact) mass is 301 g/mol. The molecule has 1 fully saturated rings. The molecule has 22 heavy (non-hydrogen) atoms. The number of carbonyl (C=O) groups excluding carboxylic acids is 1. The number of rotatable bonds is 3. The van der Waals surface area contributed by atoms with Crippen LogP contribution in [0.25, 0.3) is 11.0 Å². The number of likely N-dealkylation sites (tertiary alicyclic amines) is 1. The maximum atomic E-state index is 11.9. The van der Waals surface area contributed by atoms with Crippen LogP contribution in [0.2, 0.25) is 0 Å². The topological polar surface area (TPSA) is 73.9 Å². The smallest absolute Gasteiger partial charge is 0.236 e. The van der Waals surface area contributed by atoms with Gasteiger partial charge in [0.2, 0.25) is 5.91 Å². The molecule has 2 N–H and O–H groups in total. The van der Waals surface area contributed by atoms with Gasteiger partial charge in [-0.05, 0) is 45.2 Å². The van der Waals surface area contributed by atoms with Gasteiger partial charge in [-0.3, -0.25) is 9.78 Å². The van der Waals surface area contributed by atoms with E-state index in [1.54, 1.807) is 7.05 Å². The van der Waals surface area contributed by atoms with Crippen molar-refractivity contribution in [1.29, 1.82) is 0 Å². The fourth-order valence-corrected chi connectivity index (χ4v) is 3.27. The van der Waals surface area contributed by atoms with Crippen molar-refractivity contribution in [3.05, 3.63) is 23.3 Å². The number of nitrogens with one attached hydrogen (secondary N) is 2. The Morgan fingerprint density at radius 3 is 2.82 bits per heavy atom. The van der Waals surface area contributed by atoms with Gasteiger partial charge in [0, 0.05) is 19.3 Å². The molecule has 1 saturated heterocycles. The lowest BCUT2D eigenvalue weighted by Crippen LogP contribution is -2.41. The highest BCUT2D eigenvalue weighted by atomic mass is 16.2. The first-order valence-corrected chi connectivity index (χ1v) is 7.84. The average molecular weight is 301 g/mol. The quantitative estimate of drug-likeness (QED) is 0.901. The number of carbonyl (C=O) groups is 1. The van der Waals surface area contributed by atoms with Gasteiger partial charge in [0.05, 0.1) is 17.8 Å². The van der Waals surface area contributed by atoms with Crippen LogP contribution in [0.5, 0.6) is 0 Å². The first-order valence-electron chi connectivity index (χ1n) is 7.84. The lowest BCUT2D eigenvalue weighted by Gasteiger charge is -2.32. The number of pyridine rings is 1. The number of nitrogens with zero attached hydrogens (tertiary/aromatic N) is 3. The highest BCUT2D eigenvalue weighted by Gasteiger charge is 2.25. The SMILES string of the molecule is CNCC(=O)N1CCC(c2cnc(C)c3nc(C)[nH]c23)CC1. The van der Waals surface area contributed by atoms with Crippen LogP contribution >= 0.6 is 0 Å². The molecule has 3 rings (SSSR count). The fourth-order valence-electron chi connectivity index (χ4n) is 3.27. The summed E-state index contributed by atoms with van der Waals surface area (Å²) in [6.07, 6.45) is 3.94. The molecule has 0 aromatic carbocycles. The molecule has 0 atom stereocenters. The number of hydrogen-bond acceptors (Lipinski definition) is 4. The van der Waals surface area contributed by atoms with Crippen molar-refractivity contribution in [2.24, 2.45) is 0 Å². The molecule has 6 heteroatoms. The van der Waals surface area contributed by atoms with E-state index in [0.29, 0.717) is 12.5 Å². The Labute approximate surface area is 130 Å². The molecule has 118 valence electrons. The lowest BCUT2D eigenvalue weighted by molar-refractivity contribution is -0.131. The van der Waals surface area contributed by atoms with Crippen molar-refractivity contribution < 1.29 is 4.79 Å². The van der Waals surface area contributed by atoms with Gasteiger partial charge in [0.15, 0.2) is 0 Å². The van der Waals surface area contributed by atoms with Crippen molar-refractivity contribution in [3.63, 3.8) is 0 Å². The van der Waals surface area contributed by atoms with E-state index in [1.165, 1.54) is 5.56 Å². The third-order valence-electron chi connectivity index (χ3n) is 4.47. The summed E-state index contributed by atoms with van der Waals surface area (Å²) in [4.78, 5) is 26.3. The summed E-state index contributed by atoms with van der Waals surface area (Å²) in [5.74, 6) is 1.55. The molecule has 3 heterocycles. The van der Waals surface area contributed by atoms with Crippen molar-refractivity contribution in [3.8, 4) is 0 Å². The number of aryl methyl sites for hydroxylation is 2. The number of imidazole rings is 1. The normalized spacial score (nSPS) is 16.4. The van der Waals surface area contributed by atoms with E-state index in [0.717, 1.165) is 48.5 Å². The summed E-state index contributed by atoms with van der Waals surface area (Å²) in [7, 11) is 1.81. The summed E-state index contributed by atoms with van der Waals surface area (Å²) in [6, 6.07) is 0. The molecular formula is C16H23N5O. The van der Waals surface area contributed by atoms with Crippen LogP contribution in [-0.2, 0) is 4.79 Å². The standard InChI is InChI=1S/C16H23N5O/c1-10-15-16(20-11(2)19-15)13(8-18-10)12-4-6-21(7-5-12)14(22)9-17-3/h8,12,17H,4-7,9H2,1-3H3,(H,19,20). The second-order valence-corrected chi connectivity index (χ2v) is 6.03. The van der Waals surface area contributed by atoms with E-state index in [2.05, 4.69) is 20.3 Å². The predicted octanol–water partition coefficient (Wildman–Crippen LogP) is 1.50.